The first-order valence-corrected chi connectivity index (χ1v) is 11.9. The second kappa shape index (κ2) is 7.12. The predicted octanol–water partition coefficient (Wildman–Crippen LogP) is 2.51. The van der Waals surface area contributed by atoms with Crippen LogP contribution in [0.5, 0.6) is 0 Å². The standard InChI is InChI=1S/C26H15F4N3O6/c27-8-1-6-12(3-10(8)29)32-19-14(5-34)39-26(23(36)22(19)35)33-13-4-11(30)9(28)2-7(13)16-18-17(24(37)31-25(18)38)15(6)20(32)21(16)33/h1-4,14,19,22-23,26,34-36H,5H2,(H,31,37,38)/t14?,19-,22?,23?,26-/m1/s1. The molecule has 3 unspecified atom stereocenters. The number of ether oxygens (including phenoxy) is 1. The molecule has 9 nitrogen and oxygen atoms in total. The van der Waals surface area contributed by atoms with Gasteiger partial charge < -0.3 is 29.2 Å². The summed E-state index contributed by atoms with van der Waals surface area (Å²) in [5.41, 5.74) is -0.261. The van der Waals surface area contributed by atoms with Gasteiger partial charge in [0.25, 0.3) is 11.8 Å². The van der Waals surface area contributed by atoms with Crippen molar-refractivity contribution < 1.29 is 47.2 Å². The summed E-state index contributed by atoms with van der Waals surface area (Å²) in [5, 5.41) is 35.0. The Kier molecular flexibility index (Phi) is 4.18. The summed E-state index contributed by atoms with van der Waals surface area (Å²) >= 11 is 0. The number of carbonyl (C=O) groups excluding carboxylic acids is 2. The van der Waals surface area contributed by atoms with Crippen LogP contribution in [0, 0.1) is 23.3 Å². The molecule has 4 aliphatic heterocycles. The number of hydrogen-bond acceptors (Lipinski definition) is 6. The Hall–Kier alpha value is -4.04. The summed E-state index contributed by atoms with van der Waals surface area (Å²) in [4.78, 5) is 26.3. The van der Waals surface area contributed by atoms with Gasteiger partial charge in [-0.15, -0.1) is 0 Å². The maximum atomic E-state index is 14.7. The summed E-state index contributed by atoms with van der Waals surface area (Å²) in [5.74, 6) is -6.70. The van der Waals surface area contributed by atoms with Crippen LogP contribution >= 0.6 is 0 Å². The maximum Gasteiger partial charge on any atom is 0.259 e. The average Bonchev–Trinajstić information content (AvgIpc) is 3.47. The highest BCUT2D eigenvalue weighted by Gasteiger charge is 2.51. The lowest BCUT2D eigenvalue weighted by Gasteiger charge is -2.45. The normalized spacial score (nSPS) is 25.9. The molecule has 2 bridgehead atoms. The van der Waals surface area contributed by atoms with Crippen LogP contribution in [0.3, 0.4) is 0 Å². The second-order valence-corrected chi connectivity index (χ2v) is 10.0. The molecular formula is C26H15F4N3O6. The van der Waals surface area contributed by atoms with Crippen molar-refractivity contribution in [3.63, 3.8) is 0 Å². The first-order chi connectivity index (χ1) is 18.6. The van der Waals surface area contributed by atoms with Gasteiger partial charge in [-0.2, -0.15) is 0 Å². The number of aliphatic hydroxyl groups excluding tert-OH is 3. The van der Waals surface area contributed by atoms with E-state index in [4.69, 9.17) is 4.74 Å². The summed E-state index contributed by atoms with van der Waals surface area (Å²) in [6.45, 7) is -0.680. The lowest BCUT2D eigenvalue weighted by Crippen LogP contribution is -2.54. The van der Waals surface area contributed by atoms with E-state index in [0.29, 0.717) is 0 Å². The SMILES string of the molecule is O=C1NC(=O)c2c1c1c3cc(F)c(F)cc3n3c1c1c2c2cc(F)c(F)cc2n1[C@@H]1OC(CO)[C@@H]3C(O)C1O. The van der Waals surface area contributed by atoms with Crippen molar-refractivity contribution in [3.8, 4) is 0 Å². The van der Waals surface area contributed by atoms with Crippen LogP contribution in [0.15, 0.2) is 24.3 Å². The Morgan fingerprint density at radius 3 is 1.79 bits per heavy atom. The molecule has 2 aromatic heterocycles. The van der Waals surface area contributed by atoms with Crippen LogP contribution in [-0.4, -0.2) is 61.2 Å². The maximum absolute atomic E-state index is 14.7. The molecular weight excluding hydrogens is 526 g/mol. The van der Waals surface area contributed by atoms with Crippen LogP contribution < -0.4 is 5.32 Å². The van der Waals surface area contributed by atoms with Crippen LogP contribution in [-0.2, 0) is 4.74 Å². The van der Waals surface area contributed by atoms with E-state index in [0.717, 1.165) is 24.3 Å². The van der Waals surface area contributed by atoms with E-state index in [9.17, 15) is 42.5 Å². The van der Waals surface area contributed by atoms with Gasteiger partial charge in [0.05, 0.1) is 45.8 Å². The molecule has 9 rings (SSSR count). The largest absolute Gasteiger partial charge is 0.394 e. The lowest BCUT2D eigenvalue weighted by molar-refractivity contribution is -0.225. The Morgan fingerprint density at radius 2 is 1.26 bits per heavy atom. The van der Waals surface area contributed by atoms with Crippen LogP contribution in [0.4, 0.5) is 17.6 Å². The number of carbonyl (C=O) groups is 2. The molecule has 39 heavy (non-hydrogen) atoms. The third kappa shape index (κ3) is 2.49. The number of benzene rings is 3. The van der Waals surface area contributed by atoms with E-state index < -0.39 is 72.3 Å². The molecule has 4 N–H and O–H groups in total. The molecule has 2 amide bonds. The van der Waals surface area contributed by atoms with Crippen molar-refractivity contribution in [2.75, 3.05) is 6.61 Å². The highest BCUT2D eigenvalue weighted by molar-refractivity contribution is 6.39. The van der Waals surface area contributed by atoms with Crippen LogP contribution in [0.1, 0.15) is 33.0 Å². The van der Waals surface area contributed by atoms with Crippen LogP contribution in [0.2, 0.25) is 0 Å². The topological polar surface area (TPSA) is 126 Å². The van der Waals surface area contributed by atoms with Gasteiger partial charge in [-0.05, 0) is 12.1 Å². The van der Waals surface area contributed by atoms with E-state index >= 15 is 0 Å². The zero-order valence-corrected chi connectivity index (χ0v) is 19.4. The molecule has 5 atom stereocenters. The van der Waals surface area contributed by atoms with Crippen molar-refractivity contribution in [1.82, 2.24) is 14.5 Å². The number of aliphatic hydroxyl groups is 3. The molecule has 0 spiro atoms. The van der Waals surface area contributed by atoms with Gasteiger partial charge in [0.15, 0.2) is 29.5 Å². The van der Waals surface area contributed by atoms with Gasteiger partial charge in [0.1, 0.15) is 18.3 Å². The Bertz CT molecular complexity index is 2010. The Labute approximate surface area is 213 Å². The molecule has 5 aromatic rings. The molecule has 1 saturated heterocycles. The van der Waals surface area contributed by atoms with Gasteiger partial charge in [-0.25, -0.2) is 17.6 Å². The smallest absolute Gasteiger partial charge is 0.259 e. The molecule has 13 heteroatoms. The molecule has 0 aliphatic carbocycles. The van der Waals surface area contributed by atoms with Gasteiger partial charge >= 0.3 is 0 Å². The number of nitrogens with zero attached hydrogens (tertiary/aromatic N) is 2. The van der Waals surface area contributed by atoms with E-state index in [1.165, 1.54) is 9.13 Å². The summed E-state index contributed by atoms with van der Waals surface area (Å²) in [6, 6.07) is 2.08. The minimum Gasteiger partial charge on any atom is -0.394 e. The minimum absolute atomic E-state index is 0.00254. The molecule has 3 aromatic carbocycles. The second-order valence-electron chi connectivity index (χ2n) is 10.0. The number of imide groups is 1. The van der Waals surface area contributed by atoms with Crippen molar-refractivity contribution in [2.45, 2.75) is 30.6 Å². The number of aromatic nitrogens is 2. The lowest BCUT2D eigenvalue weighted by atomic mass is 9.92. The van der Waals surface area contributed by atoms with Crippen molar-refractivity contribution >= 4 is 55.4 Å². The number of hydrogen-bond donors (Lipinski definition) is 4. The van der Waals surface area contributed by atoms with Crippen LogP contribution in [0.25, 0.3) is 43.6 Å². The van der Waals surface area contributed by atoms with E-state index in [1.54, 1.807) is 0 Å². The predicted molar refractivity (Wildman–Crippen MR) is 126 cm³/mol. The third-order valence-electron chi connectivity index (χ3n) is 8.17. The molecule has 6 heterocycles. The number of rotatable bonds is 1. The highest BCUT2D eigenvalue weighted by atomic mass is 19.2. The van der Waals surface area contributed by atoms with Gasteiger partial charge in [0, 0.05) is 33.7 Å². The molecule has 0 saturated carbocycles. The fourth-order valence-corrected chi connectivity index (χ4v) is 6.70. The first-order valence-electron chi connectivity index (χ1n) is 11.9. The fraction of sp³-hybridized carbons (Fsp3) is 0.231. The molecule has 1 fully saturated rings. The van der Waals surface area contributed by atoms with Crippen molar-refractivity contribution in [2.24, 2.45) is 0 Å². The Balaban J connectivity index is 1.78. The zero-order valence-electron chi connectivity index (χ0n) is 19.4. The molecule has 198 valence electrons. The summed E-state index contributed by atoms with van der Waals surface area (Å²) < 4.78 is 67.1. The van der Waals surface area contributed by atoms with E-state index in [-0.39, 0.29) is 54.7 Å². The van der Waals surface area contributed by atoms with Gasteiger partial charge in [-0.3, -0.25) is 14.9 Å². The van der Waals surface area contributed by atoms with E-state index in [1.807, 2.05) is 0 Å². The minimum atomic E-state index is -1.70. The van der Waals surface area contributed by atoms with Gasteiger partial charge in [0.2, 0.25) is 0 Å². The van der Waals surface area contributed by atoms with E-state index in [2.05, 4.69) is 5.32 Å². The Morgan fingerprint density at radius 1 is 0.769 bits per heavy atom. The van der Waals surface area contributed by atoms with Crippen molar-refractivity contribution in [3.05, 3.63) is 58.7 Å². The zero-order chi connectivity index (χ0) is 27.2. The third-order valence-corrected chi connectivity index (χ3v) is 8.17. The highest BCUT2D eigenvalue weighted by Crippen LogP contribution is 2.52. The number of fused-ring (bicyclic) bond motifs is 9. The average molecular weight is 541 g/mol. The molecule has 4 aliphatic rings. The number of nitrogens with one attached hydrogen (secondary N) is 1. The first kappa shape index (κ1) is 22.9. The molecule has 0 radical (unpaired) electrons. The van der Waals surface area contributed by atoms with Crippen molar-refractivity contribution in [1.29, 1.82) is 0 Å². The fourth-order valence-electron chi connectivity index (χ4n) is 6.70. The number of amides is 2. The summed E-state index contributed by atoms with van der Waals surface area (Å²) in [7, 11) is 0. The summed E-state index contributed by atoms with van der Waals surface area (Å²) in [6.07, 6.45) is -6.02. The number of halogens is 4. The monoisotopic (exact) mass is 541 g/mol. The quantitative estimate of drug-likeness (QED) is 0.191. The van der Waals surface area contributed by atoms with Gasteiger partial charge in [-0.1, -0.05) is 0 Å².